The van der Waals surface area contributed by atoms with Gasteiger partial charge in [-0.05, 0) is 38.4 Å². The summed E-state index contributed by atoms with van der Waals surface area (Å²) >= 11 is 0. The lowest BCUT2D eigenvalue weighted by Gasteiger charge is -2.56. The van der Waals surface area contributed by atoms with Crippen molar-refractivity contribution in [2.75, 3.05) is 34.7 Å². The van der Waals surface area contributed by atoms with Crippen LogP contribution in [-0.2, 0) is 11.2 Å². The summed E-state index contributed by atoms with van der Waals surface area (Å²) < 4.78 is 22.6. The molecule has 4 aliphatic heterocycles. The molecule has 0 saturated carbocycles. The van der Waals surface area contributed by atoms with E-state index in [1.54, 1.807) is 14.0 Å². The summed E-state index contributed by atoms with van der Waals surface area (Å²) in [6, 6.07) is -1.16. The van der Waals surface area contributed by atoms with E-state index in [2.05, 4.69) is 0 Å². The van der Waals surface area contributed by atoms with E-state index in [4.69, 9.17) is 18.9 Å². The van der Waals surface area contributed by atoms with E-state index in [0.717, 1.165) is 11.1 Å². The van der Waals surface area contributed by atoms with Gasteiger partial charge in [0.2, 0.25) is 12.7 Å². The zero-order valence-electron chi connectivity index (χ0n) is 20.7. The van der Waals surface area contributed by atoms with Crippen LogP contribution in [0.4, 0.5) is 0 Å². The van der Waals surface area contributed by atoms with Gasteiger partial charge in [0.25, 0.3) is 0 Å². The summed E-state index contributed by atoms with van der Waals surface area (Å²) in [4.78, 5) is 31.7. The number of carbonyl (C=O) groups is 2. The SMILES string of the molecule is COc1c(C)cc2c(c1O)[C@@H]1[C@H]3C(=O)c4c(OC)c(C)c5c(c4[C@H](CO)N3C(=O)[C@H](C2)N1C)OCO5. The predicted octanol–water partition coefficient (Wildman–Crippen LogP) is 1.79. The van der Waals surface area contributed by atoms with Crippen LogP contribution < -0.4 is 18.9 Å². The molecule has 2 N–H and O–H groups in total. The molecule has 6 rings (SSSR count). The summed E-state index contributed by atoms with van der Waals surface area (Å²) in [5.74, 6) is 0.822. The van der Waals surface area contributed by atoms with Crippen LogP contribution in [0.15, 0.2) is 6.07 Å². The van der Waals surface area contributed by atoms with Crippen molar-refractivity contribution < 1.29 is 38.7 Å². The molecule has 190 valence electrons. The second-order valence-corrected chi connectivity index (χ2v) is 9.74. The Hall–Kier alpha value is -3.50. The lowest BCUT2D eigenvalue weighted by molar-refractivity contribution is -0.155. The molecule has 0 spiro atoms. The Labute approximate surface area is 207 Å². The number of methoxy groups -OCH3 is 2. The molecule has 4 heterocycles. The standard InChI is InChI=1S/C26H28N2O8/c1-10-6-12-7-13-26(32)28-14(8-29)16-17(23(34-5)11(2)24-25(16)36-9-35-24)20(30)19(28)18(27(13)3)15(12)21(31)22(10)33-4/h6,13-14,18-19,29,31H,7-9H2,1-5H3/t13-,14-,18+,19-/m0/s1. The van der Waals surface area contributed by atoms with Crippen molar-refractivity contribution >= 4 is 11.7 Å². The lowest BCUT2D eigenvalue weighted by Crippen LogP contribution is -2.68. The Morgan fingerprint density at radius 3 is 2.42 bits per heavy atom. The first-order valence-electron chi connectivity index (χ1n) is 11.8. The van der Waals surface area contributed by atoms with Crippen LogP contribution in [0.1, 0.15) is 50.3 Å². The van der Waals surface area contributed by atoms with Crippen molar-refractivity contribution in [2.45, 2.75) is 44.4 Å². The number of aromatic hydroxyl groups is 1. The summed E-state index contributed by atoms with van der Waals surface area (Å²) in [7, 11) is 4.75. The number of hydrogen-bond acceptors (Lipinski definition) is 9. The number of likely N-dealkylation sites (N-methyl/N-ethyl adjacent to an activating group) is 1. The van der Waals surface area contributed by atoms with Crippen molar-refractivity contribution in [3.8, 4) is 28.7 Å². The van der Waals surface area contributed by atoms with Crippen molar-refractivity contribution in [3.63, 3.8) is 0 Å². The normalized spacial score (nSPS) is 25.9. The fourth-order valence-electron chi connectivity index (χ4n) is 6.66. The number of phenols is 1. The minimum atomic E-state index is -1.01. The number of Topliss-reactive ketones (excluding diaryl/α,β-unsaturated/α-hetero) is 1. The van der Waals surface area contributed by atoms with Crippen molar-refractivity contribution in [2.24, 2.45) is 0 Å². The highest BCUT2D eigenvalue weighted by atomic mass is 16.7. The van der Waals surface area contributed by atoms with E-state index >= 15 is 0 Å². The summed E-state index contributed by atoms with van der Waals surface area (Å²) in [6.45, 7) is 3.16. The number of piperazine rings is 1. The largest absolute Gasteiger partial charge is 0.504 e. The number of ether oxygens (including phenoxy) is 4. The molecule has 4 aliphatic rings. The number of benzene rings is 2. The number of aliphatic hydroxyl groups is 1. The zero-order valence-corrected chi connectivity index (χ0v) is 20.7. The van der Waals surface area contributed by atoms with Crippen LogP contribution in [0, 0.1) is 13.8 Å². The second kappa shape index (κ2) is 7.75. The van der Waals surface area contributed by atoms with Gasteiger partial charge in [0.05, 0.1) is 44.5 Å². The van der Waals surface area contributed by atoms with Gasteiger partial charge in [-0.25, -0.2) is 0 Å². The number of fused-ring (bicyclic) bond motifs is 9. The Bertz CT molecular complexity index is 1340. The number of nitrogens with zero attached hydrogens (tertiary/aromatic N) is 2. The van der Waals surface area contributed by atoms with Gasteiger partial charge in [-0.15, -0.1) is 0 Å². The molecular weight excluding hydrogens is 468 g/mol. The Morgan fingerprint density at radius 2 is 1.75 bits per heavy atom. The monoisotopic (exact) mass is 496 g/mol. The van der Waals surface area contributed by atoms with Crippen LogP contribution in [0.2, 0.25) is 0 Å². The van der Waals surface area contributed by atoms with Crippen LogP contribution >= 0.6 is 0 Å². The first-order valence-corrected chi connectivity index (χ1v) is 11.8. The molecule has 10 heteroatoms. The van der Waals surface area contributed by atoms with Gasteiger partial charge in [-0.3, -0.25) is 14.5 Å². The van der Waals surface area contributed by atoms with Crippen molar-refractivity contribution in [3.05, 3.63) is 39.4 Å². The van der Waals surface area contributed by atoms with E-state index in [1.165, 1.54) is 19.1 Å². The molecule has 2 bridgehead atoms. The average Bonchev–Trinajstić information content (AvgIpc) is 3.34. The van der Waals surface area contributed by atoms with Crippen LogP contribution in [0.3, 0.4) is 0 Å². The molecule has 4 atom stereocenters. The Kier molecular flexibility index (Phi) is 4.94. The predicted molar refractivity (Wildman–Crippen MR) is 126 cm³/mol. The first-order chi connectivity index (χ1) is 17.3. The maximum atomic E-state index is 14.4. The fraction of sp³-hybridized carbons (Fsp3) is 0.462. The van der Waals surface area contributed by atoms with E-state index < -0.39 is 30.8 Å². The van der Waals surface area contributed by atoms with Gasteiger partial charge in [0, 0.05) is 16.7 Å². The minimum Gasteiger partial charge on any atom is -0.504 e. The third-order valence-electron chi connectivity index (χ3n) is 8.14. The van der Waals surface area contributed by atoms with Gasteiger partial charge < -0.3 is 34.1 Å². The van der Waals surface area contributed by atoms with Crippen LogP contribution in [0.25, 0.3) is 0 Å². The van der Waals surface area contributed by atoms with Crippen molar-refractivity contribution in [1.82, 2.24) is 9.80 Å². The second-order valence-electron chi connectivity index (χ2n) is 9.74. The van der Waals surface area contributed by atoms with Gasteiger partial charge >= 0.3 is 0 Å². The highest BCUT2D eigenvalue weighted by Crippen LogP contribution is 2.57. The average molecular weight is 497 g/mol. The Morgan fingerprint density at radius 1 is 1.06 bits per heavy atom. The van der Waals surface area contributed by atoms with E-state index in [9.17, 15) is 19.8 Å². The fourth-order valence-corrected chi connectivity index (χ4v) is 6.66. The van der Waals surface area contributed by atoms with Gasteiger partial charge in [0.1, 0.15) is 11.8 Å². The molecule has 0 aliphatic carbocycles. The maximum absolute atomic E-state index is 14.4. The van der Waals surface area contributed by atoms with Crippen molar-refractivity contribution in [1.29, 1.82) is 0 Å². The summed E-state index contributed by atoms with van der Waals surface area (Å²) in [5.41, 5.74) is 3.39. The maximum Gasteiger partial charge on any atom is 0.241 e. The third kappa shape index (κ3) is 2.63. The van der Waals surface area contributed by atoms with E-state index in [0.29, 0.717) is 46.1 Å². The number of hydrogen-bond donors (Lipinski definition) is 2. The third-order valence-corrected chi connectivity index (χ3v) is 8.14. The molecule has 0 aromatic heterocycles. The molecule has 36 heavy (non-hydrogen) atoms. The highest BCUT2D eigenvalue weighted by Gasteiger charge is 2.59. The number of ketones is 1. The molecule has 0 radical (unpaired) electrons. The molecule has 1 fully saturated rings. The Balaban J connectivity index is 1.65. The van der Waals surface area contributed by atoms with Crippen LogP contribution in [-0.4, -0.2) is 78.5 Å². The first kappa shape index (κ1) is 22.9. The lowest BCUT2D eigenvalue weighted by atomic mass is 9.73. The number of aliphatic hydroxyl groups excluding tert-OH is 1. The number of rotatable bonds is 3. The highest BCUT2D eigenvalue weighted by molar-refractivity contribution is 6.10. The topological polar surface area (TPSA) is 118 Å². The number of phenolic OH excluding ortho intramolecular Hbond substituents is 1. The summed E-state index contributed by atoms with van der Waals surface area (Å²) in [6.07, 6.45) is 0.358. The number of carbonyl (C=O) groups excluding carboxylic acids is 2. The van der Waals surface area contributed by atoms with Gasteiger partial charge in [-0.2, -0.15) is 0 Å². The smallest absolute Gasteiger partial charge is 0.241 e. The van der Waals surface area contributed by atoms with Gasteiger partial charge in [-0.1, -0.05) is 6.07 Å². The number of amides is 1. The molecule has 10 nitrogen and oxygen atoms in total. The van der Waals surface area contributed by atoms with Crippen LogP contribution in [0.5, 0.6) is 28.7 Å². The number of aryl methyl sites for hydroxylation is 1. The summed E-state index contributed by atoms with van der Waals surface area (Å²) in [5, 5.41) is 21.9. The molecule has 0 unspecified atom stereocenters. The van der Waals surface area contributed by atoms with Gasteiger partial charge in [0.15, 0.2) is 28.8 Å². The van der Waals surface area contributed by atoms with E-state index in [-0.39, 0.29) is 29.8 Å². The molecule has 2 aromatic carbocycles. The zero-order chi connectivity index (χ0) is 25.6. The molecule has 2 aromatic rings. The quantitative estimate of drug-likeness (QED) is 0.656. The molecular formula is C26H28N2O8. The van der Waals surface area contributed by atoms with E-state index in [1.807, 2.05) is 17.9 Å². The minimum absolute atomic E-state index is 0.0339. The molecule has 1 amide bonds. The molecule has 1 saturated heterocycles.